The van der Waals surface area contributed by atoms with E-state index >= 15 is 0 Å². The smallest absolute Gasteiger partial charge is 0.871 e. The third-order valence-corrected chi connectivity index (χ3v) is 6.34. The molecule has 1 N–H and O–H groups in total. The molecule has 0 bridgehead atoms. The average Bonchev–Trinajstić information content (AvgIpc) is 2.72. The van der Waals surface area contributed by atoms with Gasteiger partial charge in [-0.3, -0.25) is 4.55 Å². The Morgan fingerprint density at radius 3 is 1.97 bits per heavy atom. The second-order valence-corrected chi connectivity index (χ2v) is 9.47. The van der Waals surface area contributed by atoms with E-state index < -0.39 is 20.8 Å². The van der Waals surface area contributed by atoms with Gasteiger partial charge in [0.2, 0.25) is 0 Å². The Kier molecular flexibility index (Phi) is 14.2. The van der Waals surface area contributed by atoms with Crippen LogP contribution in [0.1, 0.15) is 83.1 Å². The molecule has 0 aliphatic heterocycles. The van der Waals surface area contributed by atoms with Crippen LogP contribution in [0.2, 0.25) is 0 Å². The van der Waals surface area contributed by atoms with E-state index in [1.807, 2.05) is 24.3 Å². The number of rotatable bonds is 15. The van der Waals surface area contributed by atoms with Crippen molar-refractivity contribution in [1.29, 1.82) is 0 Å². The molecule has 2 aromatic carbocycles. The standard InChI is InChI=1S/C25H36O5S.Na/c1-2-3-4-5-6-7-8-9-10-11-12-15-21-16-13-14-17-24(21)30-22-18-19-25(23(26)20-22)31(27,28)29;/h13-14,16-20,26H,2-12,15H2,1H3,(H,27,28,29);/q;+1/p-1. The summed E-state index contributed by atoms with van der Waals surface area (Å²) in [5, 5.41) is 11.9. The fourth-order valence-corrected chi connectivity index (χ4v) is 4.23. The molecule has 5 nitrogen and oxygen atoms in total. The molecule has 2 aromatic rings. The van der Waals surface area contributed by atoms with Crippen molar-refractivity contribution in [3.05, 3.63) is 48.0 Å². The van der Waals surface area contributed by atoms with Gasteiger partial charge in [0.25, 0.3) is 10.1 Å². The molecule has 32 heavy (non-hydrogen) atoms. The summed E-state index contributed by atoms with van der Waals surface area (Å²) in [6, 6.07) is 11.2. The van der Waals surface area contributed by atoms with Gasteiger partial charge in [0.05, 0.1) is 4.90 Å². The predicted octanol–water partition coefficient (Wildman–Crippen LogP) is 3.66. The molecule has 0 saturated carbocycles. The van der Waals surface area contributed by atoms with Crippen molar-refractivity contribution in [2.75, 3.05) is 0 Å². The first kappa shape index (κ1) is 29.0. The molecule has 0 radical (unpaired) electrons. The van der Waals surface area contributed by atoms with E-state index in [1.165, 1.54) is 70.3 Å². The molecule has 0 aliphatic rings. The Morgan fingerprint density at radius 1 is 0.844 bits per heavy atom. The number of unbranched alkanes of at least 4 members (excludes halogenated alkanes) is 10. The normalized spacial score (nSPS) is 11.2. The summed E-state index contributed by atoms with van der Waals surface area (Å²) in [6.45, 7) is 2.25. The number of ether oxygens (including phenoxy) is 1. The van der Waals surface area contributed by atoms with Gasteiger partial charge in [-0.05, 0) is 42.7 Å². The zero-order valence-electron chi connectivity index (χ0n) is 19.5. The topological polar surface area (TPSA) is 86.7 Å². The Labute approximate surface area is 215 Å². The minimum atomic E-state index is -4.53. The van der Waals surface area contributed by atoms with Crippen molar-refractivity contribution in [2.45, 2.75) is 88.9 Å². The first-order valence-corrected chi connectivity index (χ1v) is 12.9. The molecule has 0 fully saturated rings. The Morgan fingerprint density at radius 2 is 1.41 bits per heavy atom. The van der Waals surface area contributed by atoms with Gasteiger partial charge in [-0.2, -0.15) is 8.42 Å². The zero-order valence-corrected chi connectivity index (χ0v) is 22.3. The van der Waals surface area contributed by atoms with Gasteiger partial charge in [-0.25, -0.2) is 0 Å². The van der Waals surface area contributed by atoms with E-state index in [0.29, 0.717) is 5.75 Å². The molecule has 0 unspecified atom stereocenters. The van der Waals surface area contributed by atoms with Crippen molar-refractivity contribution in [3.8, 4) is 17.2 Å². The third kappa shape index (κ3) is 10.7. The van der Waals surface area contributed by atoms with Crippen molar-refractivity contribution in [1.82, 2.24) is 0 Å². The Balaban J connectivity index is 0.00000512. The number of benzene rings is 2. The summed E-state index contributed by atoms with van der Waals surface area (Å²) >= 11 is 0. The molecule has 0 amide bonds. The molecule has 7 heteroatoms. The van der Waals surface area contributed by atoms with E-state index in [0.717, 1.165) is 30.5 Å². The first-order chi connectivity index (χ1) is 14.9. The van der Waals surface area contributed by atoms with Gasteiger partial charge in [0.15, 0.2) is 0 Å². The second-order valence-electron chi connectivity index (χ2n) is 8.08. The number of hydrogen-bond donors (Lipinski definition) is 1. The van der Waals surface area contributed by atoms with Crippen LogP contribution in [0.15, 0.2) is 47.4 Å². The van der Waals surface area contributed by atoms with E-state index in [1.54, 1.807) is 0 Å². The third-order valence-electron chi connectivity index (χ3n) is 5.44. The van der Waals surface area contributed by atoms with Gasteiger partial charge >= 0.3 is 29.6 Å². The largest absolute Gasteiger partial charge is 1.00 e. The average molecular weight is 471 g/mol. The second kappa shape index (κ2) is 15.7. The SMILES string of the molecule is CCCCCCCCCCCCCc1ccccc1Oc1ccc(S(=O)(=O)O)c([O-])c1.[Na+]. The maximum absolute atomic E-state index is 11.9. The van der Waals surface area contributed by atoms with E-state index in [9.17, 15) is 13.5 Å². The van der Waals surface area contributed by atoms with Crippen LogP contribution in [0.4, 0.5) is 0 Å². The van der Waals surface area contributed by atoms with E-state index in [-0.39, 0.29) is 35.3 Å². The van der Waals surface area contributed by atoms with Crippen molar-refractivity contribution in [2.24, 2.45) is 0 Å². The zero-order chi connectivity index (χ0) is 22.5. The summed E-state index contributed by atoms with van der Waals surface area (Å²) in [6.07, 6.45) is 15.1. The number of para-hydroxylation sites is 1. The minimum Gasteiger partial charge on any atom is -0.871 e. The summed E-state index contributed by atoms with van der Waals surface area (Å²) in [4.78, 5) is -0.644. The molecule has 0 heterocycles. The van der Waals surface area contributed by atoms with Crippen LogP contribution in [0.25, 0.3) is 0 Å². The fourth-order valence-electron chi connectivity index (χ4n) is 3.68. The van der Waals surface area contributed by atoms with Crippen LogP contribution >= 0.6 is 0 Å². The molecular formula is C25H35NaO5S. The van der Waals surface area contributed by atoms with Crippen LogP contribution in [-0.2, 0) is 16.5 Å². The molecule has 0 aliphatic carbocycles. The molecule has 0 saturated heterocycles. The van der Waals surface area contributed by atoms with Crippen LogP contribution in [0, 0.1) is 0 Å². The van der Waals surface area contributed by atoms with Crippen molar-refractivity contribution in [3.63, 3.8) is 0 Å². The summed E-state index contributed by atoms with van der Waals surface area (Å²) in [7, 11) is -4.53. The number of aryl methyl sites for hydroxylation is 1. The summed E-state index contributed by atoms with van der Waals surface area (Å²) < 4.78 is 37.2. The Hall–Kier alpha value is -1.05. The van der Waals surface area contributed by atoms with Crippen molar-refractivity contribution < 1.29 is 52.4 Å². The van der Waals surface area contributed by atoms with Crippen LogP contribution in [-0.4, -0.2) is 13.0 Å². The molecule has 172 valence electrons. The maximum Gasteiger partial charge on any atom is 1.00 e. The van der Waals surface area contributed by atoms with Gasteiger partial charge in [0.1, 0.15) is 11.5 Å². The summed E-state index contributed by atoms with van der Waals surface area (Å²) in [5.74, 6) is 0.125. The molecule has 0 atom stereocenters. The minimum absolute atomic E-state index is 0. The Bertz CT molecular complexity index is 899. The maximum atomic E-state index is 11.9. The van der Waals surface area contributed by atoms with Crippen LogP contribution in [0.5, 0.6) is 17.2 Å². The first-order valence-electron chi connectivity index (χ1n) is 11.5. The number of hydrogen-bond acceptors (Lipinski definition) is 4. The van der Waals surface area contributed by atoms with Gasteiger partial charge < -0.3 is 9.84 Å². The fraction of sp³-hybridized carbons (Fsp3) is 0.520. The summed E-state index contributed by atoms with van der Waals surface area (Å²) in [5.41, 5.74) is 1.06. The van der Waals surface area contributed by atoms with E-state index in [4.69, 9.17) is 9.29 Å². The monoisotopic (exact) mass is 470 g/mol. The van der Waals surface area contributed by atoms with E-state index in [2.05, 4.69) is 6.92 Å². The molecular weight excluding hydrogens is 435 g/mol. The van der Waals surface area contributed by atoms with Crippen LogP contribution in [0.3, 0.4) is 0 Å². The molecule has 2 rings (SSSR count). The van der Waals surface area contributed by atoms with Crippen molar-refractivity contribution >= 4 is 10.1 Å². The predicted molar refractivity (Wildman–Crippen MR) is 122 cm³/mol. The van der Waals surface area contributed by atoms with Gasteiger partial charge in [-0.1, -0.05) is 95.1 Å². The quantitative estimate of drug-likeness (QED) is 0.244. The molecule has 0 spiro atoms. The van der Waals surface area contributed by atoms with Gasteiger partial charge in [-0.15, -0.1) is 0 Å². The van der Waals surface area contributed by atoms with Crippen LogP contribution < -0.4 is 39.4 Å². The van der Waals surface area contributed by atoms with Gasteiger partial charge in [0, 0.05) is 0 Å². The molecule has 0 aromatic heterocycles.